The van der Waals surface area contributed by atoms with Gasteiger partial charge < -0.3 is 0 Å². The standard InChI is InChI=1S/C49H43N3/c1-4-12-35(13-5-1)37-18-20-38(21-19-37)39-24-28-44(29-25-39)49(32-10-3-11-33-49)45-30-26-41(27-31-45)47-50-46(40-15-6-2-7-16-40)51-48(52-47)43-23-22-36-14-8-9-17-42(36)34-43/h1,4-6,8-9,12-24,26-31,34,39H,2-3,7,10-11,25,32-33H2. The fourth-order valence-electron chi connectivity index (χ4n) is 8.48. The molecular weight excluding hydrogens is 631 g/mol. The third-order valence-corrected chi connectivity index (χ3v) is 11.4. The number of nitrogens with zero attached hydrogens (tertiary/aromatic N) is 3. The van der Waals surface area contributed by atoms with Crippen LogP contribution in [0.5, 0.6) is 0 Å². The Bertz CT molecular complexity index is 2340. The van der Waals surface area contributed by atoms with Crippen LogP contribution < -0.4 is 0 Å². The molecule has 1 atom stereocenters. The second-order valence-corrected chi connectivity index (χ2v) is 14.6. The van der Waals surface area contributed by atoms with Crippen molar-refractivity contribution in [1.29, 1.82) is 0 Å². The summed E-state index contributed by atoms with van der Waals surface area (Å²) in [4.78, 5) is 15.2. The molecule has 1 aromatic heterocycles. The predicted molar refractivity (Wildman–Crippen MR) is 216 cm³/mol. The molecule has 3 heteroatoms. The fraction of sp³-hybridized carbons (Fsp3) is 0.204. The SMILES string of the molecule is C1=CC(c2nc(-c3ccc(C4(C5=CCC(c6ccc(-c7ccccc7)cc6)C=C5)CCCCC4)cc3)nc(-c3ccc4ccccc4c3)n2)=CCC1. The van der Waals surface area contributed by atoms with Crippen molar-refractivity contribution in [3.05, 3.63) is 180 Å². The van der Waals surface area contributed by atoms with Gasteiger partial charge in [-0.3, -0.25) is 0 Å². The maximum atomic E-state index is 5.09. The maximum absolute atomic E-state index is 5.09. The van der Waals surface area contributed by atoms with Gasteiger partial charge in [0.15, 0.2) is 17.5 Å². The van der Waals surface area contributed by atoms with Crippen LogP contribution in [0.25, 0.3) is 50.2 Å². The molecule has 0 saturated heterocycles. The molecule has 9 rings (SSSR count). The van der Waals surface area contributed by atoms with Crippen molar-refractivity contribution in [2.75, 3.05) is 0 Å². The molecule has 3 nitrogen and oxygen atoms in total. The van der Waals surface area contributed by atoms with E-state index >= 15 is 0 Å². The van der Waals surface area contributed by atoms with Crippen LogP contribution >= 0.6 is 0 Å². The van der Waals surface area contributed by atoms with E-state index in [-0.39, 0.29) is 5.41 Å². The smallest absolute Gasteiger partial charge is 0.164 e. The molecule has 3 aliphatic carbocycles. The van der Waals surface area contributed by atoms with Crippen molar-refractivity contribution in [2.24, 2.45) is 0 Å². The molecule has 3 aliphatic rings. The first-order valence-corrected chi connectivity index (χ1v) is 19.0. The Kier molecular flexibility index (Phi) is 8.78. The highest BCUT2D eigenvalue weighted by Gasteiger charge is 2.37. The molecule has 1 heterocycles. The lowest BCUT2D eigenvalue weighted by atomic mass is 9.63. The fourth-order valence-corrected chi connectivity index (χ4v) is 8.48. The van der Waals surface area contributed by atoms with E-state index in [9.17, 15) is 0 Å². The molecule has 0 N–H and O–H groups in total. The first-order valence-electron chi connectivity index (χ1n) is 19.0. The van der Waals surface area contributed by atoms with Gasteiger partial charge in [0.05, 0.1) is 0 Å². The van der Waals surface area contributed by atoms with Crippen LogP contribution in [0.15, 0.2) is 163 Å². The average molecular weight is 674 g/mol. The largest absolute Gasteiger partial charge is 0.208 e. The number of aromatic nitrogens is 3. The van der Waals surface area contributed by atoms with Gasteiger partial charge in [-0.15, -0.1) is 0 Å². The van der Waals surface area contributed by atoms with Crippen molar-refractivity contribution < 1.29 is 0 Å². The molecule has 1 fully saturated rings. The van der Waals surface area contributed by atoms with Crippen LogP contribution in [0.4, 0.5) is 0 Å². The lowest BCUT2D eigenvalue weighted by molar-refractivity contribution is 0.343. The lowest BCUT2D eigenvalue weighted by Gasteiger charge is -2.40. The van der Waals surface area contributed by atoms with Gasteiger partial charge in [0.25, 0.3) is 0 Å². The summed E-state index contributed by atoms with van der Waals surface area (Å²) < 4.78 is 0. The van der Waals surface area contributed by atoms with Crippen LogP contribution in [-0.4, -0.2) is 15.0 Å². The molecule has 0 spiro atoms. The average Bonchev–Trinajstić information content (AvgIpc) is 3.24. The highest BCUT2D eigenvalue weighted by Crippen LogP contribution is 2.48. The van der Waals surface area contributed by atoms with E-state index < -0.39 is 0 Å². The van der Waals surface area contributed by atoms with Gasteiger partial charge in [0.1, 0.15) is 0 Å². The highest BCUT2D eigenvalue weighted by atomic mass is 15.0. The molecule has 52 heavy (non-hydrogen) atoms. The second-order valence-electron chi connectivity index (χ2n) is 14.6. The van der Waals surface area contributed by atoms with E-state index in [1.54, 1.807) is 0 Å². The molecule has 1 unspecified atom stereocenters. The van der Waals surface area contributed by atoms with Gasteiger partial charge in [0, 0.05) is 28.0 Å². The summed E-state index contributed by atoms with van der Waals surface area (Å²) in [5.74, 6) is 2.56. The highest BCUT2D eigenvalue weighted by molar-refractivity contribution is 5.86. The Morgan fingerprint density at radius 3 is 1.92 bits per heavy atom. The molecule has 0 radical (unpaired) electrons. The van der Waals surface area contributed by atoms with Crippen LogP contribution in [0.3, 0.4) is 0 Å². The topological polar surface area (TPSA) is 38.7 Å². The Morgan fingerprint density at radius 2 is 1.19 bits per heavy atom. The first-order chi connectivity index (χ1) is 25.7. The predicted octanol–water partition coefficient (Wildman–Crippen LogP) is 12.6. The molecule has 5 aromatic carbocycles. The first kappa shape index (κ1) is 32.3. The van der Waals surface area contributed by atoms with Crippen molar-refractivity contribution in [2.45, 2.75) is 62.7 Å². The van der Waals surface area contributed by atoms with Gasteiger partial charge in [0.2, 0.25) is 0 Å². The third kappa shape index (κ3) is 6.37. The summed E-state index contributed by atoms with van der Waals surface area (Å²) in [6, 6.07) is 43.9. The zero-order valence-electron chi connectivity index (χ0n) is 29.6. The van der Waals surface area contributed by atoms with E-state index in [4.69, 9.17) is 15.0 Å². The molecular formula is C49H43N3. The minimum atomic E-state index is 0.0354. The lowest BCUT2D eigenvalue weighted by Crippen LogP contribution is -2.31. The second kappa shape index (κ2) is 14.2. The van der Waals surface area contributed by atoms with Crippen molar-refractivity contribution >= 4 is 16.3 Å². The van der Waals surface area contributed by atoms with Crippen LogP contribution in [0.1, 0.15) is 74.2 Å². The van der Waals surface area contributed by atoms with Gasteiger partial charge in [-0.1, -0.05) is 171 Å². The van der Waals surface area contributed by atoms with Crippen molar-refractivity contribution in [3.63, 3.8) is 0 Å². The van der Waals surface area contributed by atoms with Crippen molar-refractivity contribution in [1.82, 2.24) is 15.0 Å². The molecule has 6 aromatic rings. The zero-order valence-corrected chi connectivity index (χ0v) is 29.6. The van der Waals surface area contributed by atoms with E-state index in [0.717, 1.165) is 47.6 Å². The quantitative estimate of drug-likeness (QED) is 0.169. The zero-order chi connectivity index (χ0) is 34.7. The Morgan fingerprint density at radius 1 is 0.519 bits per heavy atom. The normalized spacial score (nSPS) is 18.2. The van der Waals surface area contributed by atoms with E-state index in [0.29, 0.717) is 11.7 Å². The van der Waals surface area contributed by atoms with Crippen molar-refractivity contribution in [3.8, 4) is 33.9 Å². The molecule has 0 amide bonds. The number of fused-ring (bicyclic) bond motifs is 1. The Hall–Kier alpha value is -5.67. The minimum Gasteiger partial charge on any atom is -0.208 e. The van der Waals surface area contributed by atoms with E-state index in [1.165, 1.54) is 70.7 Å². The molecule has 1 saturated carbocycles. The third-order valence-electron chi connectivity index (χ3n) is 11.4. The van der Waals surface area contributed by atoms with Crippen LogP contribution in [-0.2, 0) is 5.41 Å². The van der Waals surface area contributed by atoms with Gasteiger partial charge in [-0.25, -0.2) is 15.0 Å². The van der Waals surface area contributed by atoms with Gasteiger partial charge >= 0.3 is 0 Å². The Balaban J connectivity index is 1.01. The Labute approximate surface area is 307 Å². The number of allylic oxidation sites excluding steroid dienone is 8. The summed E-state index contributed by atoms with van der Waals surface area (Å²) in [6.07, 6.45) is 23.3. The summed E-state index contributed by atoms with van der Waals surface area (Å²) in [5, 5.41) is 2.39. The summed E-state index contributed by atoms with van der Waals surface area (Å²) in [7, 11) is 0. The maximum Gasteiger partial charge on any atom is 0.164 e. The summed E-state index contributed by atoms with van der Waals surface area (Å²) >= 11 is 0. The van der Waals surface area contributed by atoms with Gasteiger partial charge in [-0.05, 0) is 76.8 Å². The molecule has 254 valence electrons. The van der Waals surface area contributed by atoms with E-state index in [2.05, 4.69) is 158 Å². The van der Waals surface area contributed by atoms with Gasteiger partial charge in [-0.2, -0.15) is 0 Å². The minimum absolute atomic E-state index is 0.0354. The number of rotatable bonds is 7. The number of hydrogen-bond donors (Lipinski definition) is 0. The summed E-state index contributed by atoms with van der Waals surface area (Å²) in [5.41, 5.74) is 9.92. The van der Waals surface area contributed by atoms with Crippen LogP contribution in [0.2, 0.25) is 0 Å². The number of hydrogen-bond acceptors (Lipinski definition) is 3. The number of benzene rings is 5. The molecule has 0 aliphatic heterocycles. The monoisotopic (exact) mass is 673 g/mol. The van der Waals surface area contributed by atoms with Crippen LogP contribution in [0, 0.1) is 0 Å². The van der Waals surface area contributed by atoms with E-state index in [1.807, 2.05) is 0 Å². The molecule has 0 bridgehead atoms. The summed E-state index contributed by atoms with van der Waals surface area (Å²) in [6.45, 7) is 0.